The summed E-state index contributed by atoms with van der Waals surface area (Å²) in [6.07, 6.45) is 0.157. The van der Waals surface area contributed by atoms with Gasteiger partial charge in [-0.1, -0.05) is 19.1 Å². The summed E-state index contributed by atoms with van der Waals surface area (Å²) in [6, 6.07) is 3.90. The van der Waals surface area contributed by atoms with E-state index in [-0.39, 0.29) is 6.42 Å². The van der Waals surface area contributed by atoms with E-state index in [1.165, 1.54) is 0 Å². The van der Waals surface area contributed by atoms with Gasteiger partial charge in [0.2, 0.25) is 0 Å². The molecule has 0 aliphatic rings. The summed E-state index contributed by atoms with van der Waals surface area (Å²) < 4.78 is 0. The van der Waals surface area contributed by atoms with Crippen molar-refractivity contribution in [1.82, 2.24) is 4.90 Å². The molecule has 0 saturated heterocycles. The molecule has 0 aliphatic heterocycles. The van der Waals surface area contributed by atoms with Crippen LogP contribution in [0.5, 0.6) is 5.75 Å². The molecule has 0 spiro atoms. The van der Waals surface area contributed by atoms with Crippen LogP contribution in [-0.2, 0) is 11.3 Å². The summed E-state index contributed by atoms with van der Waals surface area (Å²) in [5.41, 5.74) is 2.83. The van der Waals surface area contributed by atoms with Gasteiger partial charge >= 0.3 is 5.97 Å². The number of carbonyl (C=O) groups is 1. The molecule has 0 unspecified atom stereocenters. The van der Waals surface area contributed by atoms with Crippen molar-refractivity contribution in [3.05, 3.63) is 28.8 Å². The van der Waals surface area contributed by atoms with Crippen LogP contribution in [0.25, 0.3) is 0 Å². The Hall–Kier alpha value is -1.55. The second kappa shape index (κ2) is 6.40. The van der Waals surface area contributed by atoms with Crippen molar-refractivity contribution in [2.45, 2.75) is 33.7 Å². The lowest BCUT2D eigenvalue weighted by Crippen LogP contribution is -2.25. The van der Waals surface area contributed by atoms with Crippen molar-refractivity contribution >= 4 is 5.97 Å². The van der Waals surface area contributed by atoms with E-state index in [9.17, 15) is 9.90 Å². The van der Waals surface area contributed by atoms with Crippen LogP contribution in [0.1, 0.15) is 30.0 Å². The fourth-order valence-corrected chi connectivity index (χ4v) is 2.00. The normalized spacial score (nSPS) is 10.9. The number of hydrogen-bond acceptors (Lipinski definition) is 3. The molecule has 0 saturated carbocycles. The predicted octanol–water partition coefficient (Wildman–Crippen LogP) is 2.31. The first kappa shape index (κ1) is 14.5. The van der Waals surface area contributed by atoms with Crippen molar-refractivity contribution in [1.29, 1.82) is 0 Å². The third-order valence-corrected chi connectivity index (χ3v) is 3.05. The smallest absolute Gasteiger partial charge is 0.304 e. The molecule has 1 aromatic carbocycles. The molecule has 2 N–H and O–H groups in total. The van der Waals surface area contributed by atoms with E-state index >= 15 is 0 Å². The molecule has 1 aromatic rings. The van der Waals surface area contributed by atoms with Gasteiger partial charge in [-0.25, -0.2) is 0 Å². The Bertz CT molecular complexity index is 406. The zero-order chi connectivity index (χ0) is 13.7. The molecule has 100 valence electrons. The fourth-order valence-electron chi connectivity index (χ4n) is 2.00. The molecule has 0 fully saturated rings. The lowest BCUT2D eigenvalue weighted by Gasteiger charge is -2.20. The van der Waals surface area contributed by atoms with E-state index in [1.807, 2.05) is 32.9 Å². The highest BCUT2D eigenvalue weighted by atomic mass is 16.4. The highest BCUT2D eigenvalue weighted by Gasteiger charge is 2.09. The van der Waals surface area contributed by atoms with E-state index in [0.717, 1.165) is 23.2 Å². The van der Waals surface area contributed by atoms with Gasteiger partial charge in [-0.05, 0) is 37.1 Å². The highest BCUT2D eigenvalue weighted by Crippen LogP contribution is 2.23. The minimum atomic E-state index is -0.772. The molecule has 1 rings (SSSR count). The summed E-state index contributed by atoms with van der Waals surface area (Å²) in [6.45, 7) is 7.84. The Morgan fingerprint density at radius 3 is 2.28 bits per heavy atom. The summed E-state index contributed by atoms with van der Waals surface area (Å²) >= 11 is 0. The minimum Gasteiger partial charge on any atom is -0.507 e. The number of aryl methyl sites for hydroxylation is 2. The van der Waals surface area contributed by atoms with Gasteiger partial charge in [0, 0.05) is 13.1 Å². The number of phenolic OH excluding ortho intramolecular Hbond substituents is 1. The second-order valence-corrected chi connectivity index (χ2v) is 4.59. The van der Waals surface area contributed by atoms with Crippen LogP contribution < -0.4 is 0 Å². The number of nitrogens with zero attached hydrogens (tertiary/aromatic N) is 1. The largest absolute Gasteiger partial charge is 0.507 e. The molecule has 0 heterocycles. The molecule has 0 radical (unpaired) electrons. The summed E-state index contributed by atoms with van der Waals surface area (Å²) in [5.74, 6) is -0.432. The molecule has 0 amide bonds. The van der Waals surface area contributed by atoms with Gasteiger partial charge in [0.25, 0.3) is 0 Å². The van der Waals surface area contributed by atoms with Crippen molar-refractivity contribution in [3.63, 3.8) is 0 Å². The fraction of sp³-hybridized carbons (Fsp3) is 0.500. The van der Waals surface area contributed by atoms with Crippen molar-refractivity contribution in [2.24, 2.45) is 0 Å². The molecule has 0 atom stereocenters. The number of aliphatic carboxylic acids is 1. The van der Waals surface area contributed by atoms with Gasteiger partial charge < -0.3 is 10.2 Å². The van der Waals surface area contributed by atoms with E-state index in [0.29, 0.717) is 18.8 Å². The van der Waals surface area contributed by atoms with Crippen LogP contribution >= 0.6 is 0 Å². The lowest BCUT2D eigenvalue weighted by molar-refractivity contribution is -0.137. The Kier molecular flexibility index (Phi) is 5.16. The monoisotopic (exact) mass is 251 g/mol. The van der Waals surface area contributed by atoms with Gasteiger partial charge in [-0.2, -0.15) is 0 Å². The molecular formula is C14H21NO3. The van der Waals surface area contributed by atoms with Gasteiger partial charge in [-0.3, -0.25) is 9.69 Å². The Balaban J connectivity index is 2.72. The number of benzene rings is 1. The molecule has 0 aromatic heterocycles. The van der Waals surface area contributed by atoms with Crippen LogP contribution in [0, 0.1) is 13.8 Å². The van der Waals surface area contributed by atoms with E-state index in [4.69, 9.17) is 5.11 Å². The molecule has 0 bridgehead atoms. The summed E-state index contributed by atoms with van der Waals surface area (Å²) in [5, 5.41) is 18.4. The molecular weight excluding hydrogens is 230 g/mol. The first-order valence-electron chi connectivity index (χ1n) is 6.17. The van der Waals surface area contributed by atoms with E-state index in [1.54, 1.807) is 0 Å². The third kappa shape index (κ3) is 4.04. The van der Waals surface area contributed by atoms with E-state index in [2.05, 4.69) is 4.90 Å². The van der Waals surface area contributed by atoms with Gasteiger partial charge in [0.15, 0.2) is 0 Å². The standard InChI is InChI=1S/C14H21NO3/c1-4-15(6-5-13(16)17)9-12-7-10(2)14(18)11(3)8-12/h7-8,18H,4-6,9H2,1-3H3,(H,16,17). The van der Waals surface area contributed by atoms with Crippen LogP contribution in [0.15, 0.2) is 12.1 Å². The Morgan fingerprint density at radius 2 is 1.83 bits per heavy atom. The number of phenols is 1. The predicted molar refractivity (Wildman–Crippen MR) is 70.8 cm³/mol. The maximum Gasteiger partial charge on any atom is 0.304 e. The van der Waals surface area contributed by atoms with Crippen LogP contribution in [-0.4, -0.2) is 34.2 Å². The lowest BCUT2D eigenvalue weighted by atomic mass is 10.1. The van der Waals surface area contributed by atoms with Crippen molar-refractivity contribution in [2.75, 3.05) is 13.1 Å². The van der Waals surface area contributed by atoms with Crippen LogP contribution in [0.4, 0.5) is 0 Å². The molecule has 4 heteroatoms. The SMILES string of the molecule is CCN(CCC(=O)O)Cc1cc(C)c(O)c(C)c1. The Labute approximate surface area is 108 Å². The maximum atomic E-state index is 10.6. The zero-order valence-corrected chi connectivity index (χ0v) is 11.2. The highest BCUT2D eigenvalue weighted by molar-refractivity contribution is 5.66. The second-order valence-electron chi connectivity index (χ2n) is 4.59. The molecule has 0 aliphatic carbocycles. The van der Waals surface area contributed by atoms with Gasteiger partial charge in [0.1, 0.15) is 5.75 Å². The Morgan fingerprint density at radius 1 is 1.28 bits per heavy atom. The quantitative estimate of drug-likeness (QED) is 0.814. The van der Waals surface area contributed by atoms with Crippen LogP contribution in [0.3, 0.4) is 0 Å². The van der Waals surface area contributed by atoms with Gasteiger partial charge in [-0.15, -0.1) is 0 Å². The minimum absolute atomic E-state index is 0.157. The topological polar surface area (TPSA) is 60.8 Å². The van der Waals surface area contributed by atoms with Crippen molar-refractivity contribution in [3.8, 4) is 5.75 Å². The molecule has 4 nitrogen and oxygen atoms in total. The number of carboxylic acid groups (broad SMARTS) is 1. The first-order valence-corrected chi connectivity index (χ1v) is 6.17. The van der Waals surface area contributed by atoms with Gasteiger partial charge in [0.05, 0.1) is 6.42 Å². The number of rotatable bonds is 6. The summed E-state index contributed by atoms with van der Waals surface area (Å²) in [7, 11) is 0. The third-order valence-electron chi connectivity index (χ3n) is 3.05. The van der Waals surface area contributed by atoms with Crippen molar-refractivity contribution < 1.29 is 15.0 Å². The maximum absolute atomic E-state index is 10.6. The first-order chi connectivity index (χ1) is 8.43. The zero-order valence-electron chi connectivity index (χ0n) is 11.2. The molecule has 18 heavy (non-hydrogen) atoms. The average Bonchev–Trinajstić information content (AvgIpc) is 2.31. The average molecular weight is 251 g/mol. The summed E-state index contributed by atoms with van der Waals surface area (Å²) in [4.78, 5) is 12.6. The number of aromatic hydroxyl groups is 1. The number of hydrogen-bond donors (Lipinski definition) is 2. The van der Waals surface area contributed by atoms with E-state index < -0.39 is 5.97 Å². The number of carboxylic acids is 1. The van der Waals surface area contributed by atoms with Crippen LogP contribution in [0.2, 0.25) is 0 Å².